The number of pyridine rings is 1. The van der Waals surface area contributed by atoms with Gasteiger partial charge in [0.15, 0.2) is 0 Å². The molecule has 2 amide bonds. The van der Waals surface area contributed by atoms with Gasteiger partial charge >= 0.3 is 6.09 Å². The van der Waals surface area contributed by atoms with Crippen molar-refractivity contribution in [3.63, 3.8) is 0 Å². The van der Waals surface area contributed by atoms with Gasteiger partial charge in [-0.2, -0.15) is 0 Å². The molecule has 8 rings (SSSR count). The van der Waals surface area contributed by atoms with E-state index in [1.54, 1.807) is 6.20 Å². The van der Waals surface area contributed by atoms with Gasteiger partial charge in [0.1, 0.15) is 47.1 Å². The molecule has 0 atom stereocenters. The van der Waals surface area contributed by atoms with Gasteiger partial charge < -0.3 is 28.6 Å². The number of furan rings is 1. The van der Waals surface area contributed by atoms with E-state index in [1.807, 2.05) is 63.9 Å². The van der Waals surface area contributed by atoms with Crippen molar-refractivity contribution in [2.75, 3.05) is 36.4 Å². The first-order chi connectivity index (χ1) is 20.9. The Balaban J connectivity index is 1.13. The molecular formula is C31H29N7O5. The number of aromatic nitrogens is 4. The average molecular weight is 580 g/mol. The van der Waals surface area contributed by atoms with Gasteiger partial charge in [-0.15, -0.1) is 0 Å². The number of nitrogens with zero attached hydrogens (tertiary/aromatic N) is 6. The monoisotopic (exact) mass is 579 g/mol. The summed E-state index contributed by atoms with van der Waals surface area (Å²) in [5.41, 5.74) is 3.18. The molecule has 4 aromatic heterocycles. The summed E-state index contributed by atoms with van der Waals surface area (Å²) in [6, 6.07) is 11.8. The van der Waals surface area contributed by atoms with Crippen molar-refractivity contribution in [3.05, 3.63) is 66.4 Å². The molecule has 3 aliphatic heterocycles. The molecule has 1 spiro atoms. The van der Waals surface area contributed by atoms with E-state index >= 15 is 0 Å². The van der Waals surface area contributed by atoms with Crippen LogP contribution in [-0.4, -0.2) is 73.8 Å². The molecular weight excluding hydrogens is 550 g/mol. The number of rotatable bonds is 4. The predicted molar refractivity (Wildman–Crippen MR) is 158 cm³/mol. The predicted octanol–water partition coefficient (Wildman–Crippen LogP) is 3.81. The zero-order chi connectivity index (χ0) is 29.3. The standard InChI is InChI=1S/C31H29N7O5/c1-18-12-19-4-2-5-21(26(19)42-18)22-15-38(29-25(22)28(33-17-34-29)37-13-20(39)14-37)16-24(40)36-10-7-31(8-11-36)23-6-3-9-32-27(23)35-30(41)43-31/h2-6,9,12,15,17,20,39H,7-8,10-11,13-14,16H2,1H3,(H,32,35,41). The van der Waals surface area contributed by atoms with Crippen LogP contribution in [0.4, 0.5) is 16.4 Å². The third-order valence-electron chi connectivity index (χ3n) is 8.79. The zero-order valence-electron chi connectivity index (χ0n) is 23.5. The zero-order valence-corrected chi connectivity index (χ0v) is 23.5. The van der Waals surface area contributed by atoms with Gasteiger partial charge in [0, 0.05) is 73.5 Å². The minimum Gasteiger partial charge on any atom is -0.461 e. The minimum atomic E-state index is -0.806. The summed E-state index contributed by atoms with van der Waals surface area (Å²) in [4.78, 5) is 43.4. The van der Waals surface area contributed by atoms with Gasteiger partial charge in [-0.3, -0.25) is 10.1 Å². The van der Waals surface area contributed by atoms with E-state index in [0.717, 1.165) is 44.6 Å². The first kappa shape index (κ1) is 25.7. The Hall–Kier alpha value is -4.97. The number of hydrogen-bond acceptors (Lipinski definition) is 9. The fourth-order valence-corrected chi connectivity index (χ4v) is 6.67. The fraction of sp³-hybridized carbons (Fsp3) is 0.323. The lowest BCUT2D eigenvalue weighted by Crippen LogP contribution is -2.51. The largest absolute Gasteiger partial charge is 0.461 e. The summed E-state index contributed by atoms with van der Waals surface area (Å²) in [5.74, 6) is 1.98. The topological polar surface area (TPSA) is 139 Å². The Morgan fingerprint density at radius 2 is 1.95 bits per heavy atom. The number of β-amino-alcohol motifs (C(OH)–C–C–N with tert-alkyl or cyclic N) is 1. The highest BCUT2D eigenvalue weighted by atomic mass is 16.6. The lowest BCUT2D eigenvalue weighted by atomic mass is 9.83. The van der Waals surface area contributed by atoms with Crippen molar-refractivity contribution in [1.29, 1.82) is 0 Å². The molecule has 2 saturated heterocycles. The van der Waals surface area contributed by atoms with E-state index in [0.29, 0.717) is 50.5 Å². The lowest BCUT2D eigenvalue weighted by molar-refractivity contribution is -0.136. The molecule has 43 heavy (non-hydrogen) atoms. The first-order valence-electron chi connectivity index (χ1n) is 14.4. The van der Waals surface area contributed by atoms with Crippen LogP contribution in [0.5, 0.6) is 0 Å². The smallest absolute Gasteiger partial charge is 0.413 e. The van der Waals surface area contributed by atoms with Gasteiger partial charge in [-0.1, -0.05) is 18.2 Å². The highest BCUT2D eigenvalue weighted by Crippen LogP contribution is 2.43. The van der Waals surface area contributed by atoms with Crippen LogP contribution in [0, 0.1) is 6.92 Å². The summed E-state index contributed by atoms with van der Waals surface area (Å²) < 4.78 is 13.8. The van der Waals surface area contributed by atoms with Gasteiger partial charge in [0.25, 0.3) is 0 Å². The summed E-state index contributed by atoms with van der Waals surface area (Å²) >= 11 is 0. The molecule has 2 fully saturated rings. The van der Waals surface area contributed by atoms with E-state index in [1.165, 1.54) is 6.33 Å². The van der Waals surface area contributed by atoms with Crippen LogP contribution in [0.15, 0.2) is 59.5 Å². The summed E-state index contributed by atoms with van der Waals surface area (Å²) in [7, 11) is 0. The molecule has 1 aromatic carbocycles. The Kier molecular flexibility index (Phi) is 5.70. The third kappa shape index (κ3) is 4.12. The normalized spacial score (nSPS) is 18.0. The number of aryl methyl sites for hydroxylation is 1. The minimum absolute atomic E-state index is 0.0587. The molecule has 0 saturated carbocycles. The number of amides is 2. The third-order valence-corrected chi connectivity index (χ3v) is 8.79. The quantitative estimate of drug-likeness (QED) is 0.325. The van der Waals surface area contributed by atoms with Crippen LogP contribution >= 0.6 is 0 Å². The fourth-order valence-electron chi connectivity index (χ4n) is 6.67. The molecule has 218 valence electrons. The average Bonchev–Trinajstić information content (AvgIpc) is 3.55. The number of aliphatic hydroxyl groups excluding tert-OH is 1. The number of fused-ring (bicyclic) bond motifs is 4. The van der Waals surface area contributed by atoms with Gasteiger partial charge in [0.05, 0.1) is 11.5 Å². The number of benzene rings is 1. The second-order valence-electron chi connectivity index (χ2n) is 11.5. The number of piperidine rings is 1. The number of likely N-dealkylation sites (tertiary alicyclic amines) is 1. The Labute approximate surface area is 245 Å². The van der Waals surface area contributed by atoms with Crippen molar-refractivity contribution in [2.24, 2.45) is 0 Å². The number of aliphatic hydroxyl groups is 1. The highest BCUT2D eigenvalue weighted by molar-refractivity contribution is 6.07. The molecule has 0 radical (unpaired) electrons. The number of hydrogen-bond donors (Lipinski definition) is 2. The molecule has 3 aliphatic rings. The number of nitrogens with one attached hydrogen (secondary N) is 1. The molecule has 12 nitrogen and oxygen atoms in total. The number of anilines is 2. The first-order valence-corrected chi connectivity index (χ1v) is 14.4. The summed E-state index contributed by atoms with van der Waals surface area (Å²) in [5, 5.41) is 14.5. The SMILES string of the molecule is Cc1cc2cccc(-c3cn(CC(=O)N4CCC5(CC4)OC(=O)Nc4ncccc45)c4ncnc(N5CC(O)C5)c34)c2o1. The van der Waals surface area contributed by atoms with E-state index in [9.17, 15) is 14.7 Å². The summed E-state index contributed by atoms with van der Waals surface area (Å²) in [6.45, 7) is 3.83. The lowest BCUT2D eigenvalue weighted by Gasteiger charge is -2.43. The van der Waals surface area contributed by atoms with Crippen LogP contribution < -0.4 is 10.2 Å². The molecule has 0 bridgehead atoms. The molecule has 0 aliphatic carbocycles. The van der Waals surface area contributed by atoms with E-state index in [4.69, 9.17) is 9.15 Å². The van der Waals surface area contributed by atoms with Gasteiger partial charge in [-0.05, 0) is 25.1 Å². The maximum atomic E-state index is 13.8. The van der Waals surface area contributed by atoms with Crippen molar-refractivity contribution in [3.8, 4) is 11.1 Å². The van der Waals surface area contributed by atoms with Crippen LogP contribution in [0.1, 0.15) is 24.2 Å². The van der Waals surface area contributed by atoms with Crippen molar-refractivity contribution < 1.29 is 23.8 Å². The van der Waals surface area contributed by atoms with Crippen LogP contribution in [0.2, 0.25) is 0 Å². The van der Waals surface area contributed by atoms with E-state index in [-0.39, 0.29) is 12.5 Å². The number of carbonyl (C=O) groups is 2. The number of para-hydroxylation sites is 1. The van der Waals surface area contributed by atoms with Crippen LogP contribution in [0.3, 0.4) is 0 Å². The van der Waals surface area contributed by atoms with Crippen molar-refractivity contribution >= 4 is 45.6 Å². The van der Waals surface area contributed by atoms with Gasteiger partial charge in [0.2, 0.25) is 5.91 Å². The van der Waals surface area contributed by atoms with Crippen LogP contribution in [0.25, 0.3) is 33.1 Å². The Morgan fingerprint density at radius 1 is 1.12 bits per heavy atom. The molecule has 12 heteroatoms. The molecule has 5 aromatic rings. The Bertz CT molecular complexity index is 1920. The highest BCUT2D eigenvalue weighted by Gasteiger charge is 2.45. The Morgan fingerprint density at radius 3 is 2.77 bits per heavy atom. The molecule has 7 heterocycles. The van der Waals surface area contributed by atoms with Crippen molar-refractivity contribution in [1.82, 2.24) is 24.4 Å². The van der Waals surface area contributed by atoms with Crippen LogP contribution in [-0.2, 0) is 21.7 Å². The molecule has 0 unspecified atom stereocenters. The molecule has 2 N–H and O–H groups in total. The van der Waals surface area contributed by atoms with E-state index in [2.05, 4.69) is 20.3 Å². The maximum absolute atomic E-state index is 13.8. The summed E-state index contributed by atoms with van der Waals surface area (Å²) in [6.07, 6.45) is 5.12. The second kappa shape index (κ2) is 9.53. The number of ether oxygens (including phenoxy) is 1. The maximum Gasteiger partial charge on any atom is 0.413 e. The number of carbonyl (C=O) groups excluding carboxylic acids is 2. The van der Waals surface area contributed by atoms with Crippen molar-refractivity contribution in [2.45, 2.75) is 38.0 Å². The van der Waals surface area contributed by atoms with Gasteiger partial charge in [-0.25, -0.2) is 19.7 Å². The second-order valence-corrected chi connectivity index (χ2v) is 11.5. The van der Waals surface area contributed by atoms with E-state index < -0.39 is 17.8 Å².